The summed E-state index contributed by atoms with van der Waals surface area (Å²) in [6, 6.07) is 0. The Morgan fingerprint density at radius 1 is 1.29 bits per heavy atom. The molecule has 0 aromatic rings. The minimum atomic E-state index is -0.0668. The SMILES string of the molecule is O[C@H]1CCCN(C[C@@H]2CC=CCC2)C1. The Labute approximate surface area is 86.6 Å². The minimum Gasteiger partial charge on any atom is -0.392 e. The van der Waals surface area contributed by atoms with Crippen LogP contribution in [0, 0.1) is 5.92 Å². The largest absolute Gasteiger partial charge is 0.392 e. The highest BCUT2D eigenvalue weighted by molar-refractivity contribution is 4.91. The number of nitrogens with zero attached hydrogens (tertiary/aromatic N) is 1. The number of hydrogen-bond donors (Lipinski definition) is 1. The van der Waals surface area contributed by atoms with Crippen LogP contribution in [0.3, 0.4) is 0 Å². The molecule has 0 aromatic heterocycles. The van der Waals surface area contributed by atoms with Gasteiger partial charge < -0.3 is 10.0 Å². The molecule has 1 fully saturated rings. The number of likely N-dealkylation sites (tertiary alicyclic amines) is 1. The van der Waals surface area contributed by atoms with Crippen molar-refractivity contribution in [1.29, 1.82) is 0 Å². The molecular formula is C12H21NO. The fraction of sp³-hybridized carbons (Fsp3) is 0.833. The van der Waals surface area contributed by atoms with Crippen molar-refractivity contribution in [2.75, 3.05) is 19.6 Å². The predicted molar refractivity (Wildman–Crippen MR) is 58.2 cm³/mol. The van der Waals surface area contributed by atoms with Gasteiger partial charge in [-0.1, -0.05) is 12.2 Å². The van der Waals surface area contributed by atoms with E-state index in [0.29, 0.717) is 0 Å². The van der Waals surface area contributed by atoms with Crippen molar-refractivity contribution < 1.29 is 5.11 Å². The maximum absolute atomic E-state index is 9.55. The standard InChI is InChI=1S/C12H21NO/c14-12-7-4-8-13(10-12)9-11-5-2-1-3-6-11/h1-2,11-12,14H,3-10H2/t11-,12+/m1/s1. The van der Waals surface area contributed by atoms with E-state index in [1.807, 2.05) is 0 Å². The Hall–Kier alpha value is -0.340. The van der Waals surface area contributed by atoms with Crippen LogP contribution in [0.15, 0.2) is 12.2 Å². The monoisotopic (exact) mass is 195 g/mol. The third-order valence-electron chi connectivity index (χ3n) is 3.37. The Kier molecular flexibility index (Phi) is 3.60. The van der Waals surface area contributed by atoms with Gasteiger partial charge in [0.25, 0.3) is 0 Å². The number of piperidine rings is 1. The van der Waals surface area contributed by atoms with E-state index in [4.69, 9.17) is 0 Å². The van der Waals surface area contributed by atoms with Crippen LogP contribution >= 0.6 is 0 Å². The molecule has 2 nitrogen and oxygen atoms in total. The van der Waals surface area contributed by atoms with Gasteiger partial charge in [-0.15, -0.1) is 0 Å². The van der Waals surface area contributed by atoms with Gasteiger partial charge in [-0.05, 0) is 44.6 Å². The third kappa shape index (κ3) is 2.82. The lowest BCUT2D eigenvalue weighted by atomic mass is 9.93. The molecule has 2 atom stereocenters. The molecule has 14 heavy (non-hydrogen) atoms. The van der Waals surface area contributed by atoms with E-state index in [2.05, 4.69) is 17.1 Å². The van der Waals surface area contributed by atoms with Crippen molar-refractivity contribution >= 4 is 0 Å². The molecule has 1 aliphatic heterocycles. The zero-order valence-corrected chi connectivity index (χ0v) is 8.86. The molecule has 1 N–H and O–H groups in total. The minimum absolute atomic E-state index is 0.0668. The van der Waals surface area contributed by atoms with Crippen molar-refractivity contribution in [1.82, 2.24) is 4.90 Å². The summed E-state index contributed by atoms with van der Waals surface area (Å²) in [6.07, 6.45) is 10.5. The average Bonchev–Trinajstić information content (AvgIpc) is 2.19. The van der Waals surface area contributed by atoms with Crippen molar-refractivity contribution in [3.63, 3.8) is 0 Å². The topological polar surface area (TPSA) is 23.5 Å². The lowest BCUT2D eigenvalue weighted by Gasteiger charge is -2.33. The molecule has 1 heterocycles. The highest BCUT2D eigenvalue weighted by atomic mass is 16.3. The van der Waals surface area contributed by atoms with Crippen LogP contribution in [-0.4, -0.2) is 35.7 Å². The zero-order chi connectivity index (χ0) is 9.80. The van der Waals surface area contributed by atoms with Crippen LogP contribution in [0.25, 0.3) is 0 Å². The van der Waals surface area contributed by atoms with Gasteiger partial charge in [0, 0.05) is 13.1 Å². The van der Waals surface area contributed by atoms with Gasteiger partial charge in [0.15, 0.2) is 0 Å². The van der Waals surface area contributed by atoms with Crippen LogP contribution in [0.2, 0.25) is 0 Å². The Balaban J connectivity index is 1.75. The summed E-state index contributed by atoms with van der Waals surface area (Å²) in [5, 5.41) is 9.55. The molecule has 1 saturated heterocycles. The van der Waals surface area contributed by atoms with Gasteiger partial charge in [0.05, 0.1) is 6.10 Å². The molecule has 0 saturated carbocycles. The molecular weight excluding hydrogens is 174 g/mol. The second-order valence-corrected chi connectivity index (χ2v) is 4.71. The lowest BCUT2D eigenvalue weighted by Crippen LogP contribution is -2.41. The summed E-state index contributed by atoms with van der Waals surface area (Å²) in [5.74, 6) is 0.838. The number of aliphatic hydroxyl groups excluding tert-OH is 1. The predicted octanol–water partition coefficient (Wildman–Crippen LogP) is 1.80. The van der Waals surface area contributed by atoms with Gasteiger partial charge in [0.1, 0.15) is 0 Å². The maximum Gasteiger partial charge on any atom is 0.0667 e. The lowest BCUT2D eigenvalue weighted by molar-refractivity contribution is 0.0612. The molecule has 2 rings (SSSR count). The van der Waals surface area contributed by atoms with E-state index < -0.39 is 0 Å². The van der Waals surface area contributed by atoms with Crippen molar-refractivity contribution in [3.05, 3.63) is 12.2 Å². The zero-order valence-electron chi connectivity index (χ0n) is 8.86. The average molecular weight is 195 g/mol. The highest BCUT2D eigenvalue weighted by Crippen LogP contribution is 2.21. The van der Waals surface area contributed by atoms with E-state index >= 15 is 0 Å². The number of aliphatic hydroxyl groups is 1. The van der Waals surface area contributed by atoms with Crippen LogP contribution in [0.1, 0.15) is 32.1 Å². The summed E-state index contributed by atoms with van der Waals surface area (Å²) in [5.41, 5.74) is 0. The summed E-state index contributed by atoms with van der Waals surface area (Å²) < 4.78 is 0. The molecule has 0 spiro atoms. The molecule has 0 bridgehead atoms. The summed E-state index contributed by atoms with van der Waals surface area (Å²) in [4.78, 5) is 2.44. The van der Waals surface area contributed by atoms with Crippen LogP contribution < -0.4 is 0 Å². The third-order valence-corrected chi connectivity index (χ3v) is 3.37. The fourth-order valence-electron chi connectivity index (χ4n) is 2.58. The summed E-state index contributed by atoms with van der Waals surface area (Å²) >= 11 is 0. The maximum atomic E-state index is 9.55. The fourth-order valence-corrected chi connectivity index (χ4v) is 2.58. The van der Waals surface area contributed by atoms with Gasteiger partial charge in [-0.25, -0.2) is 0 Å². The van der Waals surface area contributed by atoms with E-state index in [-0.39, 0.29) is 6.10 Å². The van der Waals surface area contributed by atoms with Gasteiger partial charge >= 0.3 is 0 Å². The Bertz CT molecular complexity index is 202. The van der Waals surface area contributed by atoms with E-state index in [1.165, 1.54) is 38.8 Å². The smallest absolute Gasteiger partial charge is 0.0667 e. The summed E-state index contributed by atoms with van der Waals surface area (Å²) in [7, 11) is 0. The van der Waals surface area contributed by atoms with E-state index in [0.717, 1.165) is 18.9 Å². The first-order chi connectivity index (χ1) is 6.84. The van der Waals surface area contributed by atoms with Crippen molar-refractivity contribution in [2.24, 2.45) is 5.92 Å². The van der Waals surface area contributed by atoms with Crippen LogP contribution in [-0.2, 0) is 0 Å². The summed E-state index contributed by atoms with van der Waals surface area (Å²) in [6.45, 7) is 3.29. The number of rotatable bonds is 2. The van der Waals surface area contributed by atoms with Crippen molar-refractivity contribution in [2.45, 2.75) is 38.2 Å². The van der Waals surface area contributed by atoms with Crippen molar-refractivity contribution in [3.8, 4) is 0 Å². The number of β-amino-alcohol motifs (C(OH)–C–C–N with tert-alkyl or cyclic N) is 1. The van der Waals surface area contributed by atoms with Crippen LogP contribution in [0.4, 0.5) is 0 Å². The molecule has 1 aliphatic carbocycles. The first-order valence-corrected chi connectivity index (χ1v) is 5.90. The van der Waals surface area contributed by atoms with Gasteiger partial charge in [0.2, 0.25) is 0 Å². The first kappa shape index (κ1) is 10.2. The molecule has 0 amide bonds. The van der Waals surface area contributed by atoms with E-state index in [9.17, 15) is 5.11 Å². The number of hydrogen-bond acceptors (Lipinski definition) is 2. The second-order valence-electron chi connectivity index (χ2n) is 4.71. The Morgan fingerprint density at radius 3 is 2.93 bits per heavy atom. The van der Waals surface area contributed by atoms with Gasteiger partial charge in [-0.3, -0.25) is 0 Å². The van der Waals surface area contributed by atoms with E-state index in [1.54, 1.807) is 0 Å². The normalized spacial score (nSPS) is 34.6. The molecule has 0 aromatic carbocycles. The molecule has 0 radical (unpaired) electrons. The Morgan fingerprint density at radius 2 is 2.21 bits per heavy atom. The molecule has 2 heteroatoms. The molecule has 80 valence electrons. The van der Waals surface area contributed by atoms with Gasteiger partial charge in [-0.2, -0.15) is 0 Å². The number of allylic oxidation sites excluding steroid dienone is 2. The second kappa shape index (κ2) is 4.94. The van der Waals surface area contributed by atoms with Crippen LogP contribution in [0.5, 0.6) is 0 Å². The highest BCUT2D eigenvalue weighted by Gasteiger charge is 2.20. The molecule has 2 aliphatic rings. The molecule has 0 unspecified atom stereocenters. The quantitative estimate of drug-likeness (QED) is 0.679. The first-order valence-electron chi connectivity index (χ1n) is 5.90.